The lowest BCUT2D eigenvalue weighted by atomic mass is 10.2. The second-order valence-corrected chi connectivity index (χ2v) is 5.70. The summed E-state index contributed by atoms with van der Waals surface area (Å²) in [4.78, 5) is 16.1. The van der Waals surface area contributed by atoms with Crippen LogP contribution in [0.25, 0.3) is 0 Å². The smallest absolute Gasteiger partial charge is 0.257 e. The Morgan fingerprint density at radius 2 is 2.17 bits per heavy atom. The molecule has 0 aliphatic heterocycles. The summed E-state index contributed by atoms with van der Waals surface area (Å²) in [7, 11) is 0. The molecule has 0 bridgehead atoms. The Morgan fingerprint density at radius 1 is 1.44 bits per heavy atom. The molecule has 0 unspecified atom stereocenters. The second kappa shape index (κ2) is 6.17. The third kappa shape index (κ3) is 3.44. The van der Waals surface area contributed by atoms with Crippen molar-refractivity contribution in [2.45, 2.75) is 12.1 Å². The maximum Gasteiger partial charge on any atom is 0.257 e. The van der Waals surface area contributed by atoms with Gasteiger partial charge in [0, 0.05) is 22.1 Å². The number of nitrogens with one attached hydrogen (secondary N) is 1. The molecule has 0 saturated heterocycles. The number of rotatable bonds is 4. The third-order valence-corrected chi connectivity index (χ3v) is 3.74. The van der Waals surface area contributed by atoms with Crippen LogP contribution < -0.4 is 5.32 Å². The van der Waals surface area contributed by atoms with E-state index in [0.29, 0.717) is 20.9 Å². The first-order valence-corrected chi connectivity index (χ1v) is 7.36. The van der Waals surface area contributed by atoms with Gasteiger partial charge >= 0.3 is 0 Å². The Balaban J connectivity index is 2.04. The van der Waals surface area contributed by atoms with E-state index in [1.165, 1.54) is 11.5 Å². The van der Waals surface area contributed by atoms with Gasteiger partial charge in [0.2, 0.25) is 10.3 Å². The zero-order valence-electron chi connectivity index (χ0n) is 9.51. The fourth-order valence-electron chi connectivity index (χ4n) is 1.22. The predicted octanol–water partition coefficient (Wildman–Crippen LogP) is 3.56. The number of hydrogen-bond acceptors (Lipinski definition) is 5. The minimum Gasteiger partial charge on any atom is -0.297 e. The van der Waals surface area contributed by atoms with Gasteiger partial charge in [-0.2, -0.15) is 9.36 Å². The van der Waals surface area contributed by atoms with Crippen LogP contribution in [0.1, 0.15) is 17.3 Å². The van der Waals surface area contributed by atoms with Crippen molar-refractivity contribution in [2.75, 3.05) is 11.1 Å². The molecule has 2 rings (SSSR count). The van der Waals surface area contributed by atoms with E-state index >= 15 is 0 Å². The van der Waals surface area contributed by atoms with Gasteiger partial charge in [-0.25, -0.2) is 0 Å². The lowest BCUT2D eigenvalue weighted by Gasteiger charge is -2.00. The largest absolute Gasteiger partial charge is 0.297 e. The van der Waals surface area contributed by atoms with E-state index in [9.17, 15) is 4.79 Å². The number of carbonyl (C=O) groups excluding carboxylic acids is 1. The first-order valence-electron chi connectivity index (χ1n) is 5.22. The minimum absolute atomic E-state index is 0.212. The first-order chi connectivity index (χ1) is 8.69. The van der Waals surface area contributed by atoms with Crippen molar-refractivity contribution in [3.05, 3.63) is 34.9 Å². The van der Waals surface area contributed by atoms with Gasteiger partial charge in [0.25, 0.3) is 5.91 Å². The summed E-state index contributed by atoms with van der Waals surface area (Å²) in [6, 6.07) is 6.69. The number of carbonyl (C=O) groups is 1. The van der Waals surface area contributed by atoms with Crippen LogP contribution >= 0.6 is 34.9 Å². The highest BCUT2D eigenvalue weighted by Gasteiger charge is 2.09. The third-order valence-electron chi connectivity index (χ3n) is 2.01. The van der Waals surface area contributed by atoms with Gasteiger partial charge in [0.15, 0.2) is 0 Å². The second-order valence-electron chi connectivity index (χ2n) is 3.28. The zero-order valence-corrected chi connectivity index (χ0v) is 11.9. The van der Waals surface area contributed by atoms with Gasteiger partial charge in [-0.3, -0.25) is 10.1 Å². The lowest BCUT2D eigenvalue weighted by molar-refractivity contribution is 0.102. The van der Waals surface area contributed by atoms with Crippen LogP contribution in [-0.4, -0.2) is 21.0 Å². The Hall–Kier alpha value is -1.11. The monoisotopic (exact) mass is 299 g/mol. The molecular weight excluding hydrogens is 290 g/mol. The number of anilines is 1. The Morgan fingerprint density at radius 3 is 2.83 bits per heavy atom. The van der Waals surface area contributed by atoms with E-state index in [-0.39, 0.29) is 5.91 Å². The topological polar surface area (TPSA) is 54.9 Å². The fraction of sp³-hybridized carbons (Fsp3) is 0.182. The van der Waals surface area contributed by atoms with Crippen molar-refractivity contribution in [3.8, 4) is 0 Å². The number of aromatic nitrogens is 2. The number of amides is 1. The molecule has 0 fully saturated rings. The highest BCUT2D eigenvalue weighted by molar-refractivity contribution is 7.99. The van der Waals surface area contributed by atoms with E-state index in [2.05, 4.69) is 14.7 Å². The number of thioether (sulfide) groups is 1. The van der Waals surface area contributed by atoms with Crippen molar-refractivity contribution < 1.29 is 4.79 Å². The number of halogens is 1. The molecule has 4 nitrogen and oxygen atoms in total. The van der Waals surface area contributed by atoms with Crippen LogP contribution in [0.2, 0.25) is 5.02 Å². The van der Waals surface area contributed by atoms with Gasteiger partial charge in [-0.05, 0) is 30.0 Å². The lowest BCUT2D eigenvalue weighted by Crippen LogP contribution is -2.11. The Bertz CT molecular complexity index is 541. The van der Waals surface area contributed by atoms with Gasteiger partial charge in [-0.1, -0.05) is 30.3 Å². The molecule has 18 heavy (non-hydrogen) atoms. The van der Waals surface area contributed by atoms with Gasteiger partial charge in [0.1, 0.15) is 0 Å². The summed E-state index contributed by atoms with van der Waals surface area (Å²) < 4.78 is 4.12. The van der Waals surface area contributed by atoms with Crippen LogP contribution in [0.3, 0.4) is 0 Å². The molecule has 0 atom stereocenters. The summed E-state index contributed by atoms with van der Waals surface area (Å²) >= 11 is 8.48. The van der Waals surface area contributed by atoms with E-state index in [1.54, 1.807) is 36.0 Å². The fourth-order valence-corrected chi connectivity index (χ4v) is 2.61. The Kier molecular flexibility index (Phi) is 4.57. The zero-order chi connectivity index (χ0) is 13.0. The van der Waals surface area contributed by atoms with Crippen LogP contribution in [0.5, 0.6) is 0 Å². The normalized spacial score (nSPS) is 10.3. The summed E-state index contributed by atoms with van der Waals surface area (Å²) in [5.41, 5.74) is 0.541. The highest BCUT2D eigenvalue weighted by Crippen LogP contribution is 2.20. The number of benzene rings is 1. The standard InChI is InChI=1S/C11H10ClN3OS2/c1-2-17-11-14-10(18-15-11)13-9(16)7-3-5-8(12)6-4-7/h3-6H,2H2,1H3,(H,13,14,15,16). The average Bonchev–Trinajstić information content (AvgIpc) is 2.78. The molecule has 0 aliphatic carbocycles. The van der Waals surface area contributed by atoms with Crippen molar-refractivity contribution in [2.24, 2.45) is 0 Å². The summed E-state index contributed by atoms with van der Waals surface area (Å²) in [5.74, 6) is 0.692. The summed E-state index contributed by atoms with van der Waals surface area (Å²) in [6.45, 7) is 2.03. The van der Waals surface area contributed by atoms with E-state index in [1.807, 2.05) is 6.92 Å². The quantitative estimate of drug-likeness (QED) is 0.877. The molecule has 94 valence electrons. The number of nitrogens with zero attached hydrogens (tertiary/aromatic N) is 2. The number of hydrogen-bond donors (Lipinski definition) is 1. The first kappa shape index (κ1) is 13.3. The van der Waals surface area contributed by atoms with Crippen molar-refractivity contribution >= 4 is 45.9 Å². The Labute approximate surface area is 118 Å². The van der Waals surface area contributed by atoms with E-state index in [4.69, 9.17) is 11.6 Å². The maximum atomic E-state index is 11.9. The highest BCUT2D eigenvalue weighted by atomic mass is 35.5. The van der Waals surface area contributed by atoms with Crippen molar-refractivity contribution in [1.82, 2.24) is 9.36 Å². The molecular formula is C11H10ClN3OS2. The van der Waals surface area contributed by atoms with Gasteiger partial charge in [-0.15, -0.1) is 0 Å². The average molecular weight is 300 g/mol. The van der Waals surface area contributed by atoms with Crippen molar-refractivity contribution in [1.29, 1.82) is 0 Å². The SMILES string of the molecule is CCSc1nsc(NC(=O)c2ccc(Cl)cc2)n1. The molecule has 1 heterocycles. The molecule has 2 aromatic rings. The molecule has 1 N–H and O–H groups in total. The molecule has 0 radical (unpaired) electrons. The molecule has 0 aliphatic rings. The van der Waals surface area contributed by atoms with Crippen LogP contribution in [-0.2, 0) is 0 Å². The van der Waals surface area contributed by atoms with Crippen LogP contribution in [0, 0.1) is 0 Å². The molecule has 7 heteroatoms. The molecule has 1 aromatic heterocycles. The molecule has 0 saturated carbocycles. The van der Waals surface area contributed by atoms with E-state index in [0.717, 1.165) is 5.75 Å². The van der Waals surface area contributed by atoms with Gasteiger partial charge < -0.3 is 0 Å². The predicted molar refractivity (Wildman–Crippen MR) is 75.7 cm³/mol. The van der Waals surface area contributed by atoms with Crippen molar-refractivity contribution in [3.63, 3.8) is 0 Å². The molecule has 1 aromatic carbocycles. The summed E-state index contributed by atoms with van der Waals surface area (Å²) in [5, 5.41) is 4.50. The summed E-state index contributed by atoms with van der Waals surface area (Å²) in [6.07, 6.45) is 0. The van der Waals surface area contributed by atoms with Crippen LogP contribution in [0.4, 0.5) is 5.13 Å². The molecule has 1 amide bonds. The minimum atomic E-state index is -0.212. The van der Waals surface area contributed by atoms with Crippen LogP contribution in [0.15, 0.2) is 29.4 Å². The van der Waals surface area contributed by atoms with Gasteiger partial charge in [0.05, 0.1) is 0 Å². The molecule has 0 spiro atoms. The maximum absolute atomic E-state index is 11.9. The van der Waals surface area contributed by atoms with E-state index < -0.39 is 0 Å².